The highest BCUT2D eigenvalue weighted by atomic mass is 127. The zero-order valence-electron chi connectivity index (χ0n) is 11.9. The first kappa shape index (κ1) is 26.7. The number of rotatable bonds is 0. The zero-order chi connectivity index (χ0) is 20.5. The van der Waals surface area contributed by atoms with Crippen LogP contribution in [0.4, 0.5) is 0 Å². The van der Waals surface area contributed by atoms with Crippen LogP contribution in [0, 0.1) is 0 Å². The van der Waals surface area contributed by atoms with Crippen LogP contribution >= 0.6 is 174 Å². The molecule has 6 aliphatic rings. The monoisotopic (exact) mass is 1430 g/mol. The Morgan fingerprint density at radius 1 is 0.214 bits per heavy atom. The van der Waals surface area contributed by atoms with E-state index in [-0.39, 0.29) is 0 Å². The van der Waals surface area contributed by atoms with E-state index in [4.69, 9.17) is 49.4 Å². The van der Waals surface area contributed by atoms with Gasteiger partial charge >= 0.3 is 50.4 Å². The molecule has 6 rings (SSSR count). The van der Waals surface area contributed by atoms with Crippen LogP contribution in [0.15, 0.2) is 0 Å². The van der Waals surface area contributed by atoms with Crippen LogP contribution in [0.3, 0.4) is 0 Å². The highest BCUT2D eigenvalue weighted by Crippen LogP contribution is 2.56. The molecule has 0 aromatic heterocycles. The third kappa shape index (κ3) is 5.45. The molecular formula is I8O12Si8. The predicted octanol–water partition coefficient (Wildman–Crippen LogP) is 3.22. The average Bonchev–Trinajstić information content (AvgIpc) is 2.22. The summed E-state index contributed by atoms with van der Waals surface area (Å²) in [4.78, 5) is 0. The van der Waals surface area contributed by atoms with Crippen LogP contribution in [0.1, 0.15) is 0 Å². The molecule has 0 spiro atoms. The predicted molar refractivity (Wildman–Crippen MR) is 171 cm³/mol. The lowest BCUT2D eigenvalue weighted by molar-refractivity contribution is 0.0299. The third-order valence-corrected chi connectivity index (χ3v) is 73.9. The first-order chi connectivity index (χ1) is 12.5. The molecular weight excluding hydrogens is 1430 g/mol. The van der Waals surface area contributed by atoms with Gasteiger partial charge in [-0.2, -0.15) is 0 Å². The van der Waals surface area contributed by atoms with E-state index >= 15 is 0 Å². The Kier molecular flexibility index (Phi) is 7.91. The molecule has 6 saturated heterocycles. The van der Waals surface area contributed by atoms with Gasteiger partial charge in [0.05, 0.1) is 0 Å². The maximum absolute atomic E-state index is 6.34. The minimum absolute atomic E-state index is 2.01. The molecule has 0 atom stereocenters. The molecule has 12 nitrogen and oxygen atoms in total. The van der Waals surface area contributed by atoms with Crippen LogP contribution < -0.4 is 0 Å². The second-order valence-corrected chi connectivity index (χ2v) is 54.3. The molecule has 6 heterocycles. The summed E-state index contributed by atoms with van der Waals surface area (Å²) in [5.74, 6) is 0. The molecule has 28 heteroatoms. The van der Waals surface area contributed by atoms with E-state index in [0.29, 0.717) is 0 Å². The molecule has 0 N–H and O–H groups in total. The second kappa shape index (κ2) is 8.30. The van der Waals surface area contributed by atoms with Gasteiger partial charge in [-0.3, -0.25) is 0 Å². The van der Waals surface area contributed by atoms with Crippen LogP contribution in [-0.2, 0) is 49.4 Å². The van der Waals surface area contributed by atoms with Crippen molar-refractivity contribution in [3.63, 3.8) is 0 Å². The summed E-state index contributed by atoms with van der Waals surface area (Å²) in [6.45, 7) is 0. The zero-order valence-corrected chi connectivity index (χ0v) is 37.2. The normalized spacial score (nSPS) is 66.0. The highest BCUT2D eigenvalue weighted by molar-refractivity contribution is 14.2. The molecule has 0 aromatic rings. The van der Waals surface area contributed by atoms with Gasteiger partial charge in [-0.05, 0) is 174 Å². The van der Waals surface area contributed by atoms with Crippen molar-refractivity contribution < 1.29 is 49.4 Å². The fraction of sp³-hybridized carbons (Fsp3) is 0. The number of hydrogen-bond acceptors (Lipinski definition) is 12. The number of hydrogen-bond donors (Lipinski definition) is 0. The molecule has 0 radical (unpaired) electrons. The minimum atomic E-state index is -3.46. The summed E-state index contributed by atoms with van der Waals surface area (Å²) in [5.41, 5.74) is 0. The standard InChI is InChI=1S/I8O12Si8/c1-21-9-22(2)12-25(5)14-23(3,10-21)16-27(7)17-24(4,11-21)15-26(6,13-22)19-28(8,18-25)20-27. The van der Waals surface area contributed by atoms with Gasteiger partial charge in [-0.15, -0.1) is 0 Å². The van der Waals surface area contributed by atoms with Gasteiger partial charge in [-0.25, -0.2) is 0 Å². The van der Waals surface area contributed by atoms with Crippen LogP contribution in [0.5, 0.6) is 0 Å². The van der Waals surface area contributed by atoms with E-state index in [2.05, 4.69) is 0 Å². The van der Waals surface area contributed by atoms with E-state index in [0.717, 1.165) is 0 Å². The summed E-state index contributed by atoms with van der Waals surface area (Å²) in [5, 5.41) is 0. The van der Waals surface area contributed by atoms with Gasteiger partial charge in [0.15, 0.2) is 0 Å². The molecule has 6 aliphatic heterocycles. The van der Waals surface area contributed by atoms with Crippen LogP contribution in [0.25, 0.3) is 0 Å². The van der Waals surface area contributed by atoms with E-state index in [1.165, 1.54) is 0 Å². The van der Waals surface area contributed by atoms with Gasteiger partial charge in [0, 0.05) is 0 Å². The topological polar surface area (TPSA) is 111 Å². The van der Waals surface area contributed by atoms with E-state index in [9.17, 15) is 0 Å². The Labute approximate surface area is 267 Å². The Balaban J connectivity index is 1.79. The van der Waals surface area contributed by atoms with Gasteiger partial charge in [-0.1, -0.05) is 0 Å². The molecule has 0 amide bonds. The first-order valence-electron chi connectivity index (χ1n) is 6.41. The van der Waals surface area contributed by atoms with Crippen molar-refractivity contribution in [1.82, 2.24) is 0 Å². The van der Waals surface area contributed by atoms with E-state index in [1.807, 2.05) is 174 Å². The molecule has 0 aromatic carbocycles. The lowest BCUT2D eigenvalue weighted by atomic mass is 15.5. The summed E-state index contributed by atoms with van der Waals surface area (Å²) in [7, 11) is 0. The average molecular weight is 1430 g/mol. The van der Waals surface area contributed by atoms with Gasteiger partial charge in [0.2, 0.25) is 0 Å². The molecule has 8 bridgehead atoms. The van der Waals surface area contributed by atoms with Crippen LogP contribution in [-0.4, -0.2) is 50.4 Å². The molecule has 28 heavy (non-hydrogen) atoms. The molecule has 6 fully saturated rings. The van der Waals surface area contributed by atoms with Gasteiger partial charge in [0.1, 0.15) is 0 Å². The highest BCUT2D eigenvalue weighted by Gasteiger charge is 2.83. The molecule has 160 valence electrons. The summed E-state index contributed by atoms with van der Waals surface area (Å²) in [6.07, 6.45) is -27.7. The second-order valence-electron chi connectivity index (χ2n) is 5.08. The van der Waals surface area contributed by atoms with Gasteiger partial charge < -0.3 is 49.4 Å². The summed E-state index contributed by atoms with van der Waals surface area (Å²) in [6, 6.07) is 0. The van der Waals surface area contributed by atoms with E-state index < -0.39 is 50.4 Å². The first-order valence-corrected chi connectivity index (χ1v) is 45.1. The van der Waals surface area contributed by atoms with Crippen LogP contribution in [0.2, 0.25) is 0 Å². The van der Waals surface area contributed by atoms with Crippen molar-refractivity contribution in [2.45, 2.75) is 0 Å². The summed E-state index contributed by atoms with van der Waals surface area (Å²) >= 11 is 16.1. The Bertz CT molecular complexity index is 489. The molecule has 0 aliphatic carbocycles. The molecule has 0 saturated carbocycles. The fourth-order valence-electron chi connectivity index (χ4n) is 2.25. The van der Waals surface area contributed by atoms with Crippen molar-refractivity contribution in [2.24, 2.45) is 0 Å². The SMILES string of the molecule is I[Si]12O[Si]3(I)O[Si]4(I)O[Si](I)(O1)O[Si]1(I)O[Si](I)(O2)O[Si](I)(O3)O[Si](I)(O4)O1. The van der Waals surface area contributed by atoms with Crippen molar-refractivity contribution in [3.05, 3.63) is 0 Å². The van der Waals surface area contributed by atoms with Gasteiger partial charge in [0.25, 0.3) is 0 Å². The molecule has 0 unspecified atom stereocenters. The summed E-state index contributed by atoms with van der Waals surface area (Å²) < 4.78 is 76.1. The van der Waals surface area contributed by atoms with Crippen molar-refractivity contribution in [2.75, 3.05) is 0 Å². The van der Waals surface area contributed by atoms with Crippen molar-refractivity contribution >= 4 is 225 Å². The largest absolute Gasteiger partial charge is 0.552 e. The minimum Gasteiger partial charge on any atom is -0.358 e. The third-order valence-electron chi connectivity index (χ3n) is 2.93. The Hall–Kier alpha value is 7.10. The fourth-order valence-corrected chi connectivity index (χ4v) is 137. The van der Waals surface area contributed by atoms with Crippen molar-refractivity contribution in [3.8, 4) is 0 Å². The quantitative estimate of drug-likeness (QED) is 0.202. The lowest BCUT2D eigenvalue weighted by Crippen LogP contribution is -2.82. The van der Waals surface area contributed by atoms with Crippen molar-refractivity contribution in [1.29, 1.82) is 0 Å². The Morgan fingerprint density at radius 3 is 0.357 bits per heavy atom. The Morgan fingerprint density at radius 2 is 0.286 bits per heavy atom. The van der Waals surface area contributed by atoms with E-state index in [1.54, 1.807) is 0 Å². The maximum Gasteiger partial charge on any atom is 0.552 e. The maximum atomic E-state index is 6.34. The lowest BCUT2D eigenvalue weighted by Gasteiger charge is -2.56. The smallest absolute Gasteiger partial charge is 0.358 e. The number of halogens is 8.